The molecule has 8 nitrogen and oxygen atoms in total. The van der Waals surface area contributed by atoms with Gasteiger partial charge in [-0.1, -0.05) is 0 Å². The number of sulfonamides is 1. The minimum absolute atomic E-state index is 0.0253. The minimum Gasteiger partial charge on any atom is -0.334 e. The molecule has 1 N–H and O–H groups in total. The number of hydrogen-bond donors (Lipinski definition) is 1. The van der Waals surface area contributed by atoms with Crippen molar-refractivity contribution in [2.45, 2.75) is 83.8 Å². The molecule has 2 aliphatic rings. The molecule has 10 heteroatoms. The van der Waals surface area contributed by atoms with Crippen LogP contribution in [0.1, 0.15) is 81.6 Å². The van der Waals surface area contributed by atoms with E-state index in [9.17, 15) is 17.6 Å². The maximum absolute atomic E-state index is 14.6. The summed E-state index contributed by atoms with van der Waals surface area (Å²) in [7, 11) is -3.17. The van der Waals surface area contributed by atoms with Crippen molar-refractivity contribution in [1.29, 1.82) is 0 Å². The lowest BCUT2D eigenvalue weighted by atomic mass is 9.86. The van der Waals surface area contributed by atoms with Crippen LogP contribution in [0.3, 0.4) is 0 Å². The number of aromatic nitrogens is 2. The van der Waals surface area contributed by atoms with E-state index in [0.717, 1.165) is 62.6 Å². The van der Waals surface area contributed by atoms with Crippen LogP contribution in [0.4, 0.5) is 4.39 Å². The van der Waals surface area contributed by atoms with Crippen LogP contribution in [-0.2, 0) is 10.0 Å². The summed E-state index contributed by atoms with van der Waals surface area (Å²) in [6.07, 6.45) is 11.9. The molecule has 1 saturated carbocycles. The number of likely N-dealkylation sites (tertiary alicyclic amines) is 1. The first kappa shape index (κ1) is 30.6. The third kappa shape index (κ3) is 6.71. The Labute approximate surface area is 249 Å². The zero-order chi connectivity index (χ0) is 30.2. The lowest BCUT2D eigenvalue weighted by Crippen LogP contribution is -2.42. The molecule has 1 unspecified atom stereocenters. The molecule has 1 saturated heterocycles. The summed E-state index contributed by atoms with van der Waals surface area (Å²) in [5.41, 5.74) is 3.14. The van der Waals surface area contributed by atoms with Crippen molar-refractivity contribution in [2.75, 3.05) is 25.9 Å². The number of nitrogens with zero attached hydrogens (tertiary/aromatic N) is 4. The number of benzene rings is 1. The molecule has 3 aromatic rings. The predicted molar refractivity (Wildman–Crippen MR) is 165 cm³/mol. The lowest BCUT2D eigenvalue weighted by Gasteiger charge is -2.31. The second kappa shape index (κ2) is 12.4. The zero-order valence-electron chi connectivity index (χ0n) is 25.4. The van der Waals surface area contributed by atoms with Gasteiger partial charge in [-0.25, -0.2) is 17.5 Å². The fourth-order valence-corrected chi connectivity index (χ4v) is 7.94. The minimum atomic E-state index is -3.17. The average molecular weight is 598 g/mol. The molecule has 2 aromatic heterocycles. The summed E-state index contributed by atoms with van der Waals surface area (Å²) in [4.78, 5) is 22.5. The number of carbonyl (C=O) groups excluding carboxylic acids is 1. The Morgan fingerprint density at radius 2 is 1.81 bits per heavy atom. The Hall–Kier alpha value is -2.82. The summed E-state index contributed by atoms with van der Waals surface area (Å²) >= 11 is 0. The van der Waals surface area contributed by atoms with Crippen molar-refractivity contribution < 1.29 is 17.6 Å². The number of carbonyl (C=O) groups is 1. The van der Waals surface area contributed by atoms with Gasteiger partial charge in [0.15, 0.2) is 0 Å². The molecule has 3 heterocycles. The summed E-state index contributed by atoms with van der Waals surface area (Å²) < 4.78 is 42.6. The second-order valence-corrected chi connectivity index (χ2v) is 14.5. The quantitative estimate of drug-likeness (QED) is 0.361. The van der Waals surface area contributed by atoms with Gasteiger partial charge in [-0.05, 0) is 108 Å². The first-order valence-electron chi connectivity index (χ1n) is 15.2. The van der Waals surface area contributed by atoms with Crippen molar-refractivity contribution in [2.24, 2.45) is 5.92 Å². The largest absolute Gasteiger partial charge is 0.334 e. The van der Waals surface area contributed by atoms with Gasteiger partial charge >= 0.3 is 0 Å². The monoisotopic (exact) mass is 597 g/mol. The van der Waals surface area contributed by atoms with E-state index in [2.05, 4.69) is 20.8 Å². The van der Waals surface area contributed by atoms with Gasteiger partial charge in [0.05, 0.1) is 29.2 Å². The smallest absolute Gasteiger partial charge is 0.256 e. The fourth-order valence-electron chi connectivity index (χ4n) is 7.10. The van der Waals surface area contributed by atoms with Gasteiger partial charge in [0, 0.05) is 49.0 Å². The highest BCUT2D eigenvalue weighted by Gasteiger charge is 2.31. The fraction of sp³-hybridized carbons (Fsp3) is 0.562. The molecule has 1 aliphatic carbocycles. The molecule has 228 valence electrons. The molecular weight excluding hydrogens is 553 g/mol. The molecule has 0 spiro atoms. The molecular formula is C32H44FN5O3S. The van der Waals surface area contributed by atoms with Crippen LogP contribution in [0.15, 0.2) is 42.9 Å². The zero-order valence-corrected chi connectivity index (χ0v) is 26.2. The summed E-state index contributed by atoms with van der Waals surface area (Å²) in [5, 5.41) is 1.11. The van der Waals surface area contributed by atoms with Gasteiger partial charge < -0.3 is 14.4 Å². The standard InChI is InChI=1S/C32H44FN5O3S/c1-21(2)38(22(3)4)32(39)28-16-25(33)8-11-30(28)37-20-29(27-12-14-34-17-31(27)37)24-13-15-36(19-24)18-23-6-9-26(10-7-23)35-42(5,40)41/h8,11-12,14,16-17,20-24,26,35H,6-7,9-10,13,15,18-19H2,1-5H3. The number of fused-ring (bicyclic) bond motifs is 1. The van der Waals surface area contributed by atoms with Gasteiger partial charge in [0.25, 0.3) is 5.91 Å². The van der Waals surface area contributed by atoms with E-state index in [1.54, 1.807) is 11.0 Å². The Bertz CT molecular complexity index is 1520. The van der Waals surface area contributed by atoms with Crippen LogP contribution in [-0.4, -0.2) is 77.7 Å². The SMILES string of the molecule is CC(C)N(C(=O)c1cc(F)ccc1-n1cc(C2CCN(CC3CCC(NS(C)(=O)=O)CC3)C2)c2ccncc21)C(C)C. The number of rotatable bonds is 9. The van der Waals surface area contributed by atoms with Crippen LogP contribution in [0.2, 0.25) is 0 Å². The maximum atomic E-state index is 14.6. The second-order valence-electron chi connectivity index (χ2n) is 12.8. The van der Waals surface area contributed by atoms with E-state index in [4.69, 9.17) is 0 Å². The van der Waals surface area contributed by atoms with Crippen LogP contribution in [0.25, 0.3) is 16.6 Å². The van der Waals surface area contributed by atoms with Gasteiger partial charge in [0.1, 0.15) is 5.82 Å². The van der Waals surface area contributed by atoms with E-state index in [-0.39, 0.29) is 24.0 Å². The molecule has 42 heavy (non-hydrogen) atoms. The predicted octanol–water partition coefficient (Wildman–Crippen LogP) is 5.32. The van der Waals surface area contributed by atoms with Crippen molar-refractivity contribution in [3.05, 3.63) is 59.8 Å². The van der Waals surface area contributed by atoms with E-state index in [1.165, 1.54) is 24.0 Å². The van der Waals surface area contributed by atoms with E-state index < -0.39 is 15.8 Å². The van der Waals surface area contributed by atoms with Gasteiger partial charge in [-0.3, -0.25) is 9.78 Å². The first-order chi connectivity index (χ1) is 19.9. The van der Waals surface area contributed by atoms with Crippen LogP contribution < -0.4 is 4.72 Å². The van der Waals surface area contributed by atoms with E-state index >= 15 is 0 Å². The Balaban J connectivity index is 1.38. The van der Waals surface area contributed by atoms with Crippen LogP contribution in [0.5, 0.6) is 0 Å². The van der Waals surface area contributed by atoms with Gasteiger partial charge in [0.2, 0.25) is 10.0 Å². The normalized spacial score (nSPS) is 22.0. The molecule has 1 aromatic carbocycles. The number of amides is 1. The molecule has 1 amide bonds. The number of pyridine rings is 1. The Morgan fingerprint density at radius 1 is 1.10 bits per heavy atom. The Morgan fingerprint density at radius 3 is 2.48 bits per heavy atom. The number of nitrogens with one attached hydrogen (secondary N) is 1. The molecule has 5 rings (SSSR count). The molecule has 0 bridgehead atoms. The highest BCUT2D eigenvalue weighted by Crippen LogP contribution is 2.37. The summed E-state index contributed by atoms with van der Waals surface area (Å²) in [6.45, 7) is 10.9. The molecule has 1 atom stereocenters. The third-order valence-corrected chi connectivity index (χ3v) is 9.65. The highest BCUT2D eigenvalue weighted by atomic mass is 32.2. The average Bonchev–Trinajstić information content (AvgIpc) is 3.53. The highest BCUT2D eigenvalue weighted by molar-refractivity contribution is 7.88. The summed E-state index contributed by atoms with van der Waals surface area (Å²) in [6, 6.07) is 6.52. The lowest BCUT2D eigenvalue weighted by molar-refractivity contribution is 0.0643. The number of hydrogen-bond acceptors (Lipinski definition) is 5. The van der Waals surface area contributed by atoms with E-state index in [0.29, 0.717) is 23.1 Å². The van der Waals surface area contributed by atoms with E-state index in [1.807, 2.05) is 50.7 Å². The number of halogens is 1. The molecule has 2 fully saturated rings. The molecule has 0 radical (unpaired) electrons. The van der Waals surface area contributed by atoms with Crippen LogP contribution in [0, 0.1) is 11.7 Å². The molecule has 1 aliphatic heterocycles. The summed E-state index contributed by atoms with van der Waals surface area (Å²) in [5.74, 6) is 0.290. The van der Waals surface area contributed by atoms with Crippen molar-refractivity contribution >= 4 is 26.8 Å². The van der Waals surface area contributed by atoms with Crippen molar-refractivity contribution in [3.63, 3.8) is 0 Å². The maximum Gasteiger partial charge on any atom is 0.256 e. The third-order valence-electron chi connectivity index (χ3n) is 8.89. The first-order valence-corrected chi connectivity index (χ1v) is 17.1. The topological polar surface area (TPSA) is 87.5 Å². The van der Waals surface area contributed by atoms with Gasteiger partial charge in [-0.2, -0.15) is 0 Å². The van der Waals surface area contributed by atoms with Crippen molar-refractivity contribution in [3.8, 4) is 5.69 Å². The van der Waals surface area contributed by atoms with Crippen LogP contribution >= 0.6 is 0 Å². The van der Waals surface area contributed by atoms with Crippen molar-refractivity contribution in [1.82, 2.24) is 24.1 Å². The Kier molecular flexibility index (Phi) is 9.06. The van der Waals surface area contributed by atoms with Gasteiger partial charge in [-0.15, -0.1) is 0 Å².